The van der Waals surface area contributed by atoms with Crippen molar-refractivity contribution in [2.24, 2.45) is 0 Å². The van der Waals surface area contributed by atoms with E-state index < -0.39 is 0 Å². The second-order valence-corrected chi connectivity index (χ2v) is 3.96. The first kappa shape index (κ1) is 11.8. The van der Waals surface area contributed by atoms with Crippen molar-refractivity contribution in [1.82, 2.24) is 4.98 Å². The fraction of sp³-hybridized carbons (Fsp3) is 0.500. The van der Waals surface area contributed by atoms with Crippen molar-refractivity contribution in [2.45, 2.75) is 12.2 Å². The van der Waals surface area contributed by atoms with Crippen LogP contribution < -0.4 is 4.90 Å². The van der Waals surface area contributed by atoms with Gasteiger partial charge in [-0.15, -0.1) is 0 Å². The molecule has 0 amide bonds. The van der Waals surface area contributed by atoms with Gasteiger partial charge in [-0.25, -0.2) is 0 Å². The van der Waals surface area contributed by atoms with Crippen LogP contribution in [0.15, 0.2) is 18.5 Å². The van der Waals surface area contributed by atoms with Crippen LogP contribution in [0, 0.1) is 11.3 Å². The monoisotopic (exact) mass is 233 g/mol. The van der Waals surface area contributed by atoms with Gasteiger partial charge in [0, 0.05) is 33.5 Å². The third kappa shape index (κ3) is 2.23. The number of pyridine rings is 1. The minimum absolute atomic E-state index is 0.0340. The van der Waals surface area contributed by atoms with Crippen LogP contribution in [0.3, 0.4) is 0 Å². The minimum Gasteiger partial charge on any atom is -0.377 e. The number of hydrogen-bond acceptors (Lipinski definition) is 5. The average molecular weight is 233 g/mol. The van der Waals surface area contributed by atoms with Crippen LogP contribution in [0.4, 0.5) is 5.69 Å². The topological polar surface area (TPSA) is 58.4 Å². The van der Waals surface area contributed by atoms with E-state index in [1.165, 1.54) is 0 Å². The minimum atomic E-state index is 0.0340. The summed E-state index contributed by atoms with van der Waals surface area (Å²) in [6, 6.07) is 3.89. The summed E-state index contributed by atoms with van der Waals surface area (Å²) in [5.74, 6) is 0. The highest BCUT2D eigenvalue weighted by atomic mass is 16.5. The van der Waals surface area contributed by atoms with Crippen molar-refractivity contribution in [1.29, 1.82) is 5.26 Å². The summed E-state index contributed by atoms with van der Waals surface area (Å²) in [6.45, 7) is 1.44. The van der Waals surface area contributed by atoms with Crippen molar-refractivity contribution >= 4 is 5.69 Å². The summed E-state index contributed by atoms with van der Waals surface area (Å²) < 4.78 is 10.7. The predicted octanol–water partition coefficient (Wildman–Crippen LogP) is 0.803. The number of methoxy groups -OCH3 is 2. The molecule has 1 fully saturated rings. The fourth-order valence-electron chi connectivity index (χ4n) is 2.13. The van der Waals surface area contributed by atoms with Crippen LogP contribution in [-0.4, -0.2) is 44.5 Å². The highest BCUT2D eigenvalue weighted by Gasteiger charge is 2.33. The highest BCUT2D eigenvalue weighted by Crippen LogP contribution is 2.25. The number of nitriles is 1. The maximum absolute atomic E-state index is 9.06. The Morgan fingerprint density at radius 3 is 2.53 bits per heavy atom. The number of aromatic nitrogens is 1. The lowest BCUT2D eigenvalue weighted by Crippen LogP contribution is -2.27. The van der Waals surface area contributed by atoms with E-state index >= 15 is 0 Å². The number of rotatable bonds is 3. The molecule has 0 spiro atoms. The zero-order chi connectivity index (χ0) is 12.3. The SMILES string of the molecule is COC1CN(c2cnccc2C#N)CC1OC. The van der Waals surface area contributed by atoms with E-state index in [0.717, 1.165) is 18.8 Å². The molecule has 1 aromatic heterocycles. The molecule has 0 aromatic carbocycles. The van der Waals surface area contributed by atoms with Crippen LogP contribution in [0.1, 0.15) is 5.56 Å². The van der Waals surface area contributed by atoms with Gasteiger partial charge in [-0.3, -0.25) is 4.98 Å². The first-order chi connectivity index (χ1) is 8.30. The maximum atomic E-state index is 9.06. The van der Waals surface area contributed by atoms with E-state index in [9.17, 15) is 0 Å². The van der Waals surface area contributed by atoms with Crippen LogP contribution in [0.2, 0.25) is 0 Å². The van der Waals surface area contributed by atoms with E-state index in [-0.39, 0.29) is 12.2 Å². The average Bonchev–Trinajstić information content (AvgIpc) is 2.81. The van der Waals surface area contributed by atoms with Gasteiger partial charge >= 0.3 is 0 Å². The van der Waals surface area contributed by atoms with Gasteiger partial charge in [0.05, 0.1) is 17.4 Å². The maximum Gasteiger partial charge on any atom is 0.102 e. The lowest BCUT2D eigenvalue weighted by Gasteiger charge is -2.18. The summed E-state index contributed by atoms with van der Waals surface area (Å²) in [7, 11) is 3.35. The predicted molar refractivity (Wildman–Crippen MR) is 62.8 cm³/mol. The number of nitrogens with zero attached hydrogens (tertiary/aromatic N) is 3. The summed E-state index contributed by atoms with van der Waals surface area (Å²) in [6.07, 6.45) is 3.40. The lowest BCUT2D eigenvalue weighted by atomic mass is 10.2. The van der Waals surface area contributed by atoms with Crippen molar-refractivity contribution in [3.63, 3.8) is 0 Å². The molecule has 2 rings (SSSR count). The van der Waals surface area contributed by atoms with Crippen LogP contribution in [-0.2, 0) is 9.47 Å². The highest BCUT2D eigenvalue weighted by molar-refractivity contribution is 5.58. The molecule has 90 valence electrons. The van der Waals surface area contributed by atoms with Crippen molar-refractivity contribution in [3.05, 3.63) is 24.0 Å². The molecule has 1 aromatic rings. The van der Waals surface area contributed by atoms with Gasteiger partial charge in [0.25, 0.3) is 0 Å². The molecule has 5 heteroatoms. The van der Waals surface area contributed by atoms with E-state index in [0.29, 0.717) is 5.56 Å². The Labute approximate surface area is 101 Å². The smallest absolute Gasteiger partial charge is 0.102 e. The normalized spacial score (nSPS) is 23.7. The van der Waals surface area contributed by atoms with Crippen molar-refractivity contribution < 1.29 is 9.47 Å². The third-order valence-electron chi connectivity index (χ3n) is 3.08. The number of ether oxygens (including phenoxy) is 2. The van der Waals surface area contributed by atoms with Gasteiger partial charge < -0.3 is 14.4 Å². The molecule has 1 aliphatic heterocycles. The van der Waals surface area contributed by atoms with Gasteiger partial charge in [-0.05, 0) is 6.07 Å². The Morgan fingerprint density at radius 1 is 1.35 bits per heavy atom. The zero-order valence-electron chi connectivity index (χ0n) is 9.96. The summed E-state index contributed by atoms with van der Waals surface area (Å²) in [5.41, 5.74) is 1.48. The lowest BCUT2D eigenvalue weighted by molar-refractivity contribution is -0.00461. The Balaban J connectivity index is 2.22. The molecule has 0 bridgehead atoms. The Morgan fingerprint density at radius 2 is 2.00 bits per heavy atom. The fourth-order valence-corrected chi connectivity index (χ4v) is 2.13. The molecule has 0 aliphatic carbocycles. The number of anilines is 1. The molecular formula is C12H15N3O2. The second kappa shape index (κ2) is 5.13. The largest absolute Gasteiger partial charge is 0.377 e. The molecule has 2 atom stereocenters. The standard InChI is InChI=1S/C12H15N3O2/c1-16-11-7-15(8-12(11)17-2)10-6-14-4-3-9(10)5-13/h3-4,6,11-12H,7-8H2,1-2H3. The Hall–Kier alpha value is -1.64. The molecular weight excluding hydrogens is 218 g/mol. The molecule has 0 saturated carbocycles. The second-order valence-electron chi connectivity index (χ2n) is 3.96. The van der Waals surface area contributed by atoms with Crippen LogP contribution in [0.25, 0.3) is 0 Å². The number of hydrogen-bond donors (Lipinski definition) is 0. The Bertz CT molecular complexity index is 418. The first-order valence-corrected chi connectivity index (χ1v) is 5.44. The van der Waals surface area contributed by atoms with Gasteiger partial charge in [-0.2, -0.15) is 5.26 Å². The van der Waals surface area contributed by atoms with Gasteiger partial charge in [-0.1, -0.05) is 0 Å². The van der Waals surface area contributed by atoms with E-state index in [2.05, 4.69) is 16.0 Å². The molecule has 2 unspecified atom stereocenters. The first-order valence-electron chi connectivity index (χ1n) is 5.44. The van der Waals surface area contributed by atoms with Crippen molar-refractivity contribution in [3.8, 4) is 6.07 Å². The zero-order valence-corrected chi connectivity index (χ0v) is 9.96. The van der Waals surface area contributed by atoms with Gasteiger partial charge in [0.2, 0.25) is 0 Å². The van der Waals surface area contributed by atoms with E-state index in [1.807, 2.05) is 0 Å². The third-order valence-corrected chi connectivity index (χ3v) is 3.08. The molecule has 1 aliphatic rings. The van der Waals surface area contributed by atoms with E-state index in [4.69, 9.17) is 14.7 Å². The quantitative estimate of drug-likeness (QED) is 0.773. The molecule has 17 heavy (non-hydrogen) atoms. The molecule has 2 heterocycles. The van der Waals surface area contributed by atoms with Gasteiger partial charge in [0.1, 0.15) is 18.3 Å². The van der Waals surface area contributed by atoms with Crippen molar-refractivity contribution in [2.75, 3.05) is 32.2 Å². The molecule has 5 nitrogen and oxygen atoms in total. The molecule has 0 N–H and O–H groups in total. The molecule has 1 saturated heterocycles. The summed E-state index contributed by atoms with van der Waals surface area (Å²) >= 11 is 0. The summed E-state index contributed by atoms with van der Waals surface area (Å²) in [4.78, 5) is 6.14. The van der Waals surface area contributed by atoms with E-state index in [1.54, 1.807) is 32.7 Å². The van der Waals surface area contributed by atoms with Crippen LogP contribution >= 0.6 is 0 Å². The van der Waals surface area contributed by atoms with Crippen LogP contribution in [0.5, 0.6) is 0 Å². The summed E-state index contributed by atoms with van der Waals surface area (Å²) in [5, 5.41) is 9.06. The van der Waals surface area contributed by atoms with Gasteiger partial charge in [0.15, 0.2) is 0 Å². The molecule has 0 radical (unpaired) electrons. The Kier molecular flexibility index (Phi) is 3.57.